The largest absolute Gasteiger partial charge is 0.486 e. The van der Waals surface area contributed by atoms with E-state index in [1.165, 1.54) is 6.07 Å². The molecule has 88 valence electrons. The minimum Gasteiger partial charge on any atom is -0.486 e. The fourth-order valence-electron chi connectivity index (χ4n) is 1.88. The predicted molar refractivity (Wildman–Crippen MR) is 62.5 cm³/mol. The van der Waals surface area contributed by atoms with E-state index in [0.717, 1.165) is 19.4 Å². The van der Waals surface area contributed by atoms with Gasteiger partial charge in [-0.3, -0.25) is 0 Å². The van der Waals surface area contributed by atoms with E-state index in [2.05, 4.69) is 12.2 Å². The molecule has 1 aromatic carbocycles. The van der Waals surface area contributed by atoms with Crippen LogP contribution in [0.3, 0.4) is 0 Å². The van der Waals surface area contributed by atoms with Crippen LogP contribution in [0.15, 0.2) is 18.2 Å². The first-order valence-electron chi connectivity index (χ1n) is 5.54. The predicted octanol–water partition coefficient (Wildman–Crippen LogP) is 3.00. The number of para-hydroxylation sites is 1. The summed E-state index contributed by atoms with van der Waals surface area (Å²) in [6.45, 7) is 3.03. The summed E-state index contributed by atoms with van der Waals surface area (Å²) in [5.41, 5.74) is 0. The Hall–Kier alpha value is -0.800. The van der Waals surface area contributed by atoms with Gasteiger partial charge in [-0.15, -0.1) is 0 Å². The second kappa shape index (κ2) is 5.02. The zero-order chi connectivity index (χ0) is 11.5. The van der Waals surface area contributed by atoms with E-state index in [0.29, 0.717) is 11.1 Å². The molecular weight excluding hydrogens is 229 g/mol. The van der Waals surface area contributed by atoms with Crippen LogP contribution in [-0.2, 0) is 0 Å². The number of ether oxygens (including phenoxy) is 1. The smallest absolute Gasteiger partial charge is 0.173 e. The monoisotopic (exact) mass is 243 g/mol. The van der Waals surface area contributed by atoms with E-state index in [-0.39, 0.29) is 17.7 Å². The highest BCUT2D eigenvalue weighted by Crippen LogP contribution is 2.32. The van der Waals surface area contributed by atoms with Gasteiger partial charge in [0.1, 0.15) is 6.10 Å². The van der Waals surface area contributed by atoms with Crippen LogP contribution in [0.25, 0.3) is 0 Å². The zero-order valence-electron chi connectivity index (χ0n) is 9.17. The lowest BCUT2D eigenvalue weighted by Gasteiger charge is -2.36. The quantitative estimate of drug-likeness (QED) is 0.878. The third-order valence-corrected chi connectivity index (χ3v) is 3.09. The van der Waals surface area contributed by atoms with Crippen molar-refractivity contribution >= 4 is 11.6 Å². The van der Waals surface area contributed by atoms with Crippen LogP contribution in [0.2, 0.25) is 5.02 Å². The SMILES string of the molecule is CCNC1CC(Oc2c(F)cccc2Cl)C1. The van der Waals surface area contributed by atoms with Crippen LogP contribution in [-0.4, -0.2) is 18.7 Å². The summed E-state index contributed by atoms with van der Waals surface area (Å²) < 4.78 is 18.9. The summed E-state index contributed by atoms with van der Waals surface area (Å²) in [7, 11) is 0. The van der Waals surface area contributed by atoms with Crippen LogP contribution in [0.4, 0.5) is 4.39 Å². The Kier molecular flexibility index (Phi) is 3.66. The zero-order valence-corrected chi connectivity index (χ0v) is 9.93. The van der Waals surface area contributed by atoms with Crippen molar-refractivity contribution in [1.82, 2.24) is 5.32 Å². The Labute approximate surface area is 99.7 Å². The lowest BCUT2D eigenvalue weighted by Crippen LogP contribution is -2.46. The van der Waals surface area contributed by atoms with Gasteiger partial charge in [0.15, 0.2) is 11.6 Å². The second-order valence-corrected chi connectivity index (χ2v) is 4.42. The summed E-state index contributed by atoms with van der Waals surface area (Å²) in [5.74, 6) is -0.205. The Morgan fingerprint density at radius 1 is 1.50 bits per heavy atom. The summed E-state index contributed by atoms with van der Waals surface area (Å²) in [4.78, 5) is 0. The molecule has 1 aromatic rings. The van der Waals surface area contributed by atoms with Crippen molar-refractivity contribution in [3.8, 4) is 5.75 Å². The van der Waals surface area contributed by atoms with E-state index >= 15 is 0 Å². The lowest BCUT2D eigenvalue weighted by atomic mass is 9.89. The van der Waals surface area contributed by atoms with Crippen LogP contribution in [0, 0.1) is 5.82 Å². The van der Waals surface area contributed by atoms with Gasteiger partial charge in [0.05, 0.1) is 5.02 Å². The maximum atomic E-state index is 13.4. The van der Waals surface area contributed by atoms with Crippen LogP contribution in [0.1, 0.15) is 19.8 Å². The van der Waals surface area contributed by atoms with E-state index in [9.17, 15) is 4.39 Å². The van der Waals surface area contributed by atoms with Gasteiger partial charge >= 0.3 is 0 Å². The Morgan fingerprint density at radius 2 is 2.25 bits per heavy atom. The van der Waals surface area contributed by atoms with E-state index < -0.39 is 0 Å². The number of rotatable bonds is 4. The molecule has 0 radical (unpaired) electrons. The molecule has 0 atom stereocenters. The molecule has 0 aromatic heterocycles. The summed E-state index contributed by atoms with van der Waals surface area (Å²) in [6.07, 6.45) is 1.91. The minimum absolute atomic E-state index is 0.0819. The fraction of sp³-hybridized carbons (Fsp3) is 0.500. The number of hydrogen-bond acceptors (Lipinski definition) is 2. The highest BCUT2D eigenvalue weighted by Gasteiger charge is 2.31. The first-order valence-corrected chi connectivity index (χ1v) is 5.92. The molecule has 1 fully saturated rings. The summed E-state index contributed by atoms with van der Waals surface area (Å²) in [5, 5.41) is 3.66. The van der Waals surface area contributed by atoms with Gasteiger partial charge in [0.2, 0.25) is 0 Å². The van der Waals surface area contributed by atoms with Crippen molar-refractivity contribution in [3.05, 3.63) is 29.0 Å². The normalized spacial score (nSPS) is 23.9. The van der Waals surface area contributed by atoms with Gasteiger partial charge < -0.3 is 10.1 Å². The van der Waals surface area contributed by atoms with Crippen molar-refractivity contribution in [1.29, 1.82) is 0 Å². The van der Waals surface area contributed by atoms with Gasteiger partial charge in [-0.25, -0.2) is 4.39 Å². The molecule has 0 unspecified atom stereocenters. The first kappa shape index (κ1) is 11.7. The third-order valence-electron chi connectivity index (χ3n) is 2.79. The van der Waals surface area contributed by atoms with Gasteiger partial charge in [-0.2, -0.15) is 0 Å². The van der Waals surface area contributed by atoms with Gasteiger partial charge in [-0.05, 0) is 31.5 Å². The molecule has 16 heavy (non-hydrogen) atoms. The molecule has 1 aliphatic rings. The molecule has 1 saturated carbocycles. The highest BCUT2D eigenvalue weighted by atomic mass is 35.5. The van der Waals surface area contributed by atoms with Gasteiger partial charge in [0.25, 0.3) is 0 Å². The lowest BCUT2D eigenvalue weighted by molar-refractivity contribution is 0.0820. The molecule has 0 heterocycles. The van der Waals surface area contributed by atoms with Crippen LogP contribution in [0.5, 0.6) is 5.75 Å². The average Bonchev–Trinajstić information content (AvgIpc) is 2.19. The number of benzene rings is 1. The maximum Gasteiger partial charge on any atom is 0.173 e. The van der Waals surface area contributed by atoms with Gasteiger partial charge in [0, 0.05) is 6.04 Å². The van der Waals surface area contributed by atoms with Crippen molar-refractivity contribution in [2.75, 3.05) is 6.54 Å². The minimum atomic E-state index is -0.389. The highest BCUT2D eigenvalue weighted by molar-refractivity contribution is 6.32. The topological polar surface area (TPSA) is 21.3 Å². The number of halogens is 2. The van der Waals surface area contributed by atoms with E-state index in [1.807, 2.05) is 0 Å². The molecule has 0 bridgehead atoms. The summed E-state index contributed by atoms with van der Waals surface area (Å²) >= 11 is 5.87. The first-order chi connectivity index (χ1) is 7.70. The molecule has 0 aliphatic heterocycles. The van der Waals surface area contributed by atoms with E-state index in [4.69, 9.17) is 16.3 Å². The molecule has 0 spiro atoms. The number of hydrogen-bond donors (Lipinski definition) is 1. The van der Waals surface area contributed by atoms with Crippen molar-refractivity contribution < 1.29 is 9.13 Å². The Morgan fingerprint density at radius 3 is 2.88 bits per heavy atom. The Bertz CT molecular complexity index is 346. The van der Waals surface area contributed by atoms with Gasteiger partial charge in [-0.1, -0.05) is 24.6 Å². The molecular formula is C12H15ClFNO. The molecule has 0 amide bonds. The standard InChI is InChI=1S/C12H15ClFNO/c1-2-15-8-6-9(7-8)16-12-10(13)4-3-5-11(12)14/h3-5,8-9,15H,2,6-7H2,1H3. The molecule has 0 saturated heterocycles. The molecule has 1 N–H and O–H groups in total. The molecule has 4 heteroatoms. The van der Waals surface area contributed by atoms with Crippen molar-refractivity contribution in [3.63, 3.8) is 0 Å². The molecule has 2 nitrogen and oxygen atoms in total. The maximum absolute atomic E-state index is 13.4. The van der Waals surface area contributed by atoms with Crippen molar-refractivity contribution in [2.45, 2.75) is 31.9 Å². The number of nitrogens with one attached hydrogen (secondary N) is 1. The molecule has 1 aliphatic carbocycles. The third kappa shape index (κ3) is 2.47. The summed E-state index contributed by atoms with van der Waals surface area (Å²) in [6, 6.07) is 5.08. The van der Waals surface area contributed by atoms with E-state index in [1.54, 1.807) is 12.1 Å². The van der Waals surface area contributed by atoms with Crippen LogP contribution < -0.4 is 10.1 Å². The van der Waals surface area contributed by atoms with Crippen molar-refractivity contribution in [2.24, 2.45) is 0 Å². The second-order valence-electron chi connectivity index (χ2n) is 4.02. The average molecular weight is 244 g/mol. The molecule has 2 rings (SSSR count). The van der Waals surface area contributed by atoms with Crippen LogP contribution >= 0.6 is 11.6 Å². The Balaban J connectivity index is 1.91. The fourth-order valence-corrected chi connectivity index (χ4v) is 2.09.